The van der Waals surface area contributed by atoms with E-state index in [1.54, 1.807) is 19.2 Å². The lowest BCUT2D eigenvalue weighted by molar-refractivity contribution is 0.0985. The zero-order valence-corrected chi connectivity index (χ0v) is 16.4. The SMILES string of the molecule is Cc1c(Br)cc(C(=O)N2CCS(=O)(=O)c3cnn(C)c32)cc1Br. The van der Waals surface area contributed by atoms with Crippen LogP contribution < -0.4 is 4.90 Å². The van der Waals surface area contributed by atoms with Crippen molar-refractivity contribution in [2.45, 2.75) is 11.8 Å². The van der Waals surface area contributed by atoms with Gasteiger partial charge in [-0.25, -0.2) is 8.42 Å². The van der Waals surface area contributed by atoms with Crippen LogP contribution in [0.2, 0.25) is 0 Å². The van der Waals surface area contributed by atoms with Gasteiger partial charge in [0.2, 0.25) is 0 Å². The lowest BCUT2D eigenvalue weighted by atomic mass is 10.1. The maximum absolute atomic E-state index is 12.9. The highest BCUT2D eigenvalue weighted by Gasteiger charge is 2.35. The molecule has 0 spiro atoms. The Morgan fingerprint density at radius 3 is 2.48 bits per heavy atom. The summed E-state index contributed by atoms with van der Waals surface area (Å²) in [5.74, 6) is -0.0498. The fraction of sp³-hybridized carbons (Fsp3) is 0.286. The Kier molecular flexibility index (Phi) is 4.14. The van der Waals surface area contributed by atoms with Crippen LogP contribution in [0.1, 0.15) is 15.9 Å². The molecule has 0 fully saturated rings. The van der Waals surface area contributed by atoms with Gasteiger partial charge in [-0.05, 0) is 24.6 Å². The molecular formula is C14H13Br2N3O3S. The molecule has 0 aliphatic carbocycles. The fourth-order valence-corrected chi connectivity index (χ4v) is 5.05. The molecule has 3 rings (SSSR count). The lowest BCUT2D eigenvalue weighted by Gasteiger charge is -2.27. The van der Waals surface area contributed by atoms with Crippen LogP contribution in [0.5, 0.6) is 0 Å². The number of aryl methyl sites for hydroxylation is 1. The Labute approximate surface area is 150 Å². The summed E-state index contributed by atoms with van der Waals surface area (Å²) in [5.41, 5.74) is 1.46. The molecule has 0 N–H and O–H groups in total. The van der Waals surface area contributed by atoms with Crippen LogP contribution in [-0.2, 0) is 16.9 Å². The van der Waals surface area contributed by atoms with Crippen LogP contribution in [-0.4, -0.2) is 36.4 Å². The van der Waals surface area contributed by atoms with Crippen molar-refractivity contribution in [2.24, 2.45) is 7.05 Å². The predicted molar refractivity (Wildman–Crippen MR) is 93.5 cm³/mol. The monoisotopic (exact) mass is 461 g/mol. The zero-order chi connectivity index (χ0) is 16.9. The third-order valence-corrected chi connectivity index (χ3v) is 7.15. The van der Waals surface area contributed by atoms with Crippen molar-refractivity contribution in [2.75, 3.05) is 17.2 Å². The molecule has 0 radical (unpaired) electrons. The lowest BCUT2D eigenvalue weighted by Crippen LogP contribution is -2.40. The summed E-state index contributed by atoms with van der Waals surface area (Å²) >= 11 is 6.86. The molecule has 0 saturated carbocycles. The molecule has 9 heteroatoms. The van der Waals surface area contributed by atoms with Crippen molar-refractivity contribution in [1.29, 1.82) is 0 Å². The van der Waals surface area contributed by atoms with Gasteiger partial charge in [0.05, 0.1) is 11.9 Å². The predicted octanol–water partition coefficient (Wildman–Crippen LogP) is 2.69. The zero-order valence-electron chi connectivity index (χ0n) is 12.4. The summed E-state index contributed by atoms with van der Waals surface area (Å²) in [7, 11) is -1.76. The normalized spacial score (nSPS) is 16.3. The van der Waals surface area contributed by atoms with Crippen LogP contribution in [0.3, 0.4) is 0 Å². The molecule has 1 aromatic carbocycles. The molecule has 0 unspecified atom stereocenters. The maximum Gasteiger partial charge on any atom is 0.259 e. The number of hydrogen-bond donors (Lipinski definition) is 0. The molecule has 23 heavy (non-hydrogen) atoms. The smallest absolute Gasteiger partial charge is 0.259 e. The van der Waals surface area contributed by atoms with Gasteiger partial charge >= 0.3 is 0 Å². The van der Waals surface area contributed by atoms with E-state index < -0.39 is 9.84 Å². The number of benzene rings is 1. The number of rotatable bonds is 1. The van der Waals surface area contributed by atoms with Crippen molar-refractivity contribution < 1.29 is 13.2 Å². The Morgan fingerprint density at radius 2 is 1.87 bits per heavy atom. The number of carbonyl (C=O) groups is 1. The molecule has 122 valence electrons. The Bertz CT molecular complexity index is 898. The van der Waals surface area contributed by atoms with E-state index in [4.69, 9.17) is 0 Å². The van der Waals surface area contributed by atoms with E-state index in [-0.39, 0.29) is 23.1 Å². The Hall–Kier alpha value is -1.19. The van der Waals surface area contributed by atoms with Crippen LogP contribution in [0.15, 0.2) is 32.2 Å². The number of fused-ring (bicyclic) bond motifs is 1. The van der Waals surface area contributed by atoms with Gasteiger partial charge in [0.25, 0.3) is 5.91 Å². The van der Waals surface area contributed by atoms with E-state index in [0.29, 0.717) is 11.4 Å². The largest absolute Gasteiger partial charge is 0.291 e. The highest BCUT2D eigenvalue weighted by Crippen LogP contribution is 2.32. The van der Waals surface area contributed by atoms with Crippen molar-refractivity contribution in [3.8, 4) is 0 Å². The second kappa shape index (κ2) is 5.71. The minimum Gasteiger partial charge on any atom is -0.291 e. The Morgan fingerprint density at radius 1 is 1.26 bits per heavy atom. The first-order chi connectivity index (χ1) is 10.7. The van der Waals surface area contributed by atoms with E-state index in [1.165, 1.54) is 15.8 Å². The molecule has 0 bridgehead atoms. The quantitative estimate of drug-likeness (QED) is 0.653. The molecule has 0 atom stereocenters. The van der Waals surface area contributed by atoms with E-state index in [1.807, 2.05) is 6.92 Å². The van der Waals surface area contributed by atoms with Gasteiger partial charge in [-0.2, -0.15) is 5.10 Å². The number of sulfone groups is 1. The Balaban J connectivity index is 2.09. The first-order valence-electron chi connectivity index (χ1n) is 6.74. The van der Waals surface area contributed by atoms with Crippen LogP contribution in [0, 0.1) is 6.92 Å². The van der Waals surface area contributed by atoms with Gasteiger partial charge in [-0.1, -0.05) is 31.9 Å². The highest BCUT2D eigenvalue weighted by molar-refractivity contribution is 9.11. The topological polar surface area (TPSA) is 72.3 Å². The number of halogens is 2. The van der Waals surface area contributed by atoms with E-state index >= 15 is 0 Å². The first-order valence-corrected chi connectivity index (χ1v) is 9.98. The van der Waals surface area contributed by atoms with Crippen LogP contribution in [0.25, 0.3) is 0 Å². The van der Waals surface area contributed by atoms with Crippen LogP contribution in [0.4, 0.5) is 5.82 Å². The van der Waals surface area contributed by atoms with Crippen molar-refractivity contribution >= 4 is 53.4 Å². The summed E-state index contributed by atoms with van der Waals surface area (Å²) in [6.07, 6.45) is 1.30. The third kappa shape index (κ3) is 2.74. The summed E-state index contributed by atoms with van der Waals surface area (Å²) in [5, 5.41) is 3.99. The van der Waals surface area contributed by atoms with Gasteiger partial charge in [0, 0.05) is 28.1 Å². The van der Waals surface area contributed by atoms with E-state index in [9.17, 15) is 13.2 Å². The standard InChI is InChI=1S/C14H13Br2N3O3S/c1-8-10(15)5-9(6-11(8)16)14(20)19-3-4-23(21,22)12-7-17-18(2)13(12)19/h5-7H,3-4H2,1-2H3. The second-order valence-corrected chi connectivity index (χ2v) is 9.08. The molecule has 1 aromatic heterocycles. The van der Waals surface area contributed by atoms with Crippen molar-refractivity contribution in [1.82, 2.24) is 9.78 Å². The van der Waals surface area contributed by atoms with E-state index in [2.05, 4.69) is 37.0 Å². The number of hydrogen-bond acceptors (Lipinski definition) is 4. The molecule has 1 aliphatic heterocycles. The number of nitrogens with zero attached hydrogens (tertiary/aromatic N) is 3. The summed E-state index contributed by atoms with van der Waals surface area (Å²) in [6, 6.07) is 3.48. The van der Waals surface area contributed by atoms with Gasteiger partial charge in [0.1, 0.15) is 4.90 Å². The average Bonchev–Trinajstić information content (AvgIpc) is 2.87. The second-order valence-electron chi connectivity index (χ2n) is 5.30. The molecule has 6 nitrogen and oxygen atoms in total. The third-order valence-electron chi connectivity index (χ3n) is 3.82. The van der Waals surface area contributed by atoms with Gasteiger partial charge in [0.15, 0.2) is 15.7 Å². The molecule has 0 saturated heterocycles. The first kappa shape index (κ1) is 16.7. The molecular weight excluding hydrogens is 450 g/mol. The minimum atomic E-state index is -3.39. The molecule has 2 heterocycles. The van der Waals surface area contributed by atoms with E-state index in [0.717, 1.165) is 14.5 Å². The summed E-state index contributed by atoms with van der Waals surface area (Å²) < 4.78 is 27.3. The number of amides is 1. The minimum absolute atomic E-state index is 0.102. The highest BCUT2D eigenvalue weighted by atomic mass is 79.9. The summed E-state index contributed by atoms with van der Waals surface area (Å²) in [4.78, 5) is 14.5. The molecule has 1 amide bonds. The molecule has 1 aliphatic rings. The fourth-order valence-electron chi connectivity index (χ4n) is 2.49. The summed E-state index contributed by atoms with van der Waals surface area (Å²) in [6.45, 7) is 2.03. The van der Waals surface area contributed by atoms with Gasteiger partial charge in [-0.3, -0.25) is 14.4 Å². The van der Waals surface area contributed by atoms with Gasteiger partial charge in [-0.15, -0.1) is 0 Å². The van der Waals surface area contributed by atoms with Gasteiger partial charge < -0.3 is 0 Å². The van der Waals surface area contributed by atoms with Crippen molar-refractivity contribution in [3.63, 3.8) is 0 Å². The molecule has 2 aromatic rings. The van der Waals surface area contributed by atoms with Crippen molar-refractivity contribution in [3.05, 3.63) is 38.4 Å². The average molecular weight is 463 g/mol. The van der Waals surface area contributed by atoms with Crippen LogP contribution >= 0.6 is 31.9 Å². The number of aromatic nitrogens is 2. The maximum atomic E-state index is 12.9. The number of carbonyl (C=O) groups excluding carboxylic acids is 1. The number of anilines is 1.